The zero-order valence-corrected chi connectivity index (χ0v) is 15.8. The summed E-state index contributed by atoms with van der Waals surface area (Å²) in [6.45, 7) is 0. The molecule has 132 valence electrons. The second kappa shape index (κ2) is 7.67. The molecule has 0 spiro atoms. The number of nitrogens with zero attached hydrogens (tertiary/aromatic N) is 1. The zero-order chi connectivity index (χ0) is 18.6. The van der Waals surface area contributed by atoms with Gasteiger partial charge < -0.3 is 5.32 Å². The summed E-state index contributed by atoms with van der Waals surface area (Å²) in [4.78, 5) is 16.2. The van der Waals surface area contributed by atoms with Gasteiger partial charge in [-0.1, -0.05) is 22.0 Å². The third-order valence-corrected chi connectivity index (χ3v) is 5.33. The molecule has 0 saturated carbocycles. The number of halogens is 1. The quantitative estimate of drug-likeness (QED) is 0.640. The largest absolute Gasteiger partial charge is 0.322 e. The van der Waals surface area contributed by atoms with Gasteiger partial charge in [0, 0.05) is 21.9 Å². The van der Waals surface area contributed by atoms with E-state index in [0.717, 1.165) is 4.47 Å². The Kier molecular flexibility index (Phi) is 5.34. The average Bonchev–Trinajstić information content (AvgIpc) is 2.63. The van der Waals surface area contributed by atoms with E-state index in [1.165, 1.54) is 30.5 Å². The van der Waals surface area contributed by atoms with Crippen molar-refractivity contribution in [3.63, 3.8) is 0 Å². The monoisotopic (exact) mass is 431 g/mol. The Morgan fingerprint density at radius 3 is 2.23 bits per heavy atom. The van der Waals surface area contributed by atoms with E-state index in [2.05, 4.69) is 31.0 Å². The van der Waals surface area contributed by atoms with Gasteiger partial charge in [0.25, 0.3) is 15.9 Å². The smallest absolute Gasteiger partial charge is 0.263 e. The van der Waals surface area contributed by atoms with Crippen LogP contribution in [-0.2, 0) is 10.0 Å². The van der Waals surface area contributed by atoms with Crippen LogP contribution in [0.25, 0.3) is 0 Å². The lowest BCUT2D eigenvalue weighted by molar-refractivity contribution is 0.102. The molecule has 0 aliphatic carbocycles. The van der Waals surface area contributed by atoms with Gasteiger partial charge in [0.2, 0.25) is 0 Å². The molecular formula is C18H14BrN3O3S. The second-order valence-electron chi connectivity index (χ2n) is 5.31. The van der Waals surface area contributed by atoms with Crippen LogP contribution in [0.4, 0.5) is 11.5 Å². The molecule has 0 radical (unpaired) electrons. The molecule has 3 rings (SSSR count). The number of aromatic nitrogens is 1. The molecule has 0 aliphatic heterocycles. The lowest BCUT2D eigenvalue weighted by Crippen LogP contribution is -2.14. The molecule has 3 aromatic rings. The SMILES string of the molecule is O=C(Nc1ccc(S(=O)(=O)Nc2ccccn2)cc1)c1ccc(Br)cc1. The maximum absolute atomic E-state index is 12.3. The number of benzene rings is 2. The van der Waals surface area contributed by atoms with Crippen LogP contribution in [0.2, 0.25) is 0 Å². The number of sulfonamides is 1. The number of rotatable bonds is 5. The molecule has 8 heteroatoms. The summed E-state index contributed by atoms with van der Waals surface area (Å²) in [5.74, 6) is -0.0418. The van der Waals surface area contributed by atoms with Crippen LogP contribution in [0.1, 0.15) is 10.4 Å². The van der Waals surface area contributed by atoms with Gasteiger partial charge in [-0.05, 0) is 60.7 Å². The first-order valence-corrected chi connectivity index (χ1v) is 9.82. The van der Waals surface area contributed by atoms with Crippen molar-refractivity contribution in [2.24, 2.45) is 0 Å². The van der Waals surface area contributed by atoms with Crippen molar-refractivity contribution in [2.45, 2.75) is 4.90 Å². The molecule has 0 unspecified atom stereocenters. The minimum atomic E-state index is -3.75. The number of carbonyl (C=O) groups is 1. The molecule has 1 aromatic heterocycles. The van der Waals surface area contributed by atoms with Gasteiger partial charge in [-0.15, -0.1) is 0 Å². The molecule has 2 aromatic carbocycles. The molecular weight excluding hydrogens is 418 g/mol. The number of hydrogen-bond donors (Lipinski definition) is 2. The van der Waals surface area contributed by atoms with E-state index in [1.54, 1.807) is 42.5 Å². The van der Waals surface area contributed by atoms with Gasteiger partial charge in [-0.2, -0.15) is 0 Å². The molecule has 0 saturated heterocycles. The van der Waals surface area contributed by atoms with Crippen LogP contribution < -0.4 is 10.0 Å². The zero-order valence-electron chi connectivity index (χ0n) is 13.4. The summed E-state index contributed by atoms with van der Waals surface area (Å²) in [6.07, 6.45) is 1.50. The first kappa shape index (κ1) is 18.1. The lowest BCUT2D eigenvalue weighted by Gasteiger charge is -2.09. The van der Waals surface area contributed by atoms with E-state index >= 15 is 0 Å². The minimum absolute atomic E-state index is 0.0739. The standard InChI is InChI=1S/C18H14BrN3O3S/c19-14-6-4-13(5-7-14)18(23)21-15-8-10-16(11-9-15)26(24,25)22-17-3-1-2-12-20-17/h1-12H,(H,20,22)(H,21,23). The molecule has 1 amide bonds. The van der Waals surface area contributed by atoms with E-state index in [1.807, 2.05) is 0 Å². The number of carbonyl (C=O) groups excluding carboxylic acids is 1. The van der Waals surface area contributed by atoms with Crippen molar-refractivity contribution >= 4 is 43.4 Å². The van der Waals surface area contributed by atoms with E-state index in [-0.39, 0.29) is 16.6 Å². The number of amides is 1. The van der Waals surface area contributed by atoms with Gasteiger partial charge >= 0.3 is 0 Å². The fourth-order valence-corrected chi connectivity index (χ4v) is 3.41. The number of nitrogens with one attached hydrogen (secondary N) is 2. The molecule has 1 heterocycles. The Hall–Kier alpha value is -2.71. The number of hydrogen-bond acceptors (Lipinski definition) is 4. The highest BCUT2D eigenvalue weighted by atomic mass is 79.9. The molecule has 0 aliphatic rings. The maximum atomic E-state index is 12.3. The van der Waals surface area contributed by atoms with Crippen molar-refractivity contribution in [3.05, 3.63) is 83.0 Å². The first-order chi connectivity index (χ1) is 12.4. The van der Waals surface area contributed by atoms with Gasteiger partial charge in [-0.3, -0.25) is 9.52 Å². The lowest BCUT2D eigenvalue weighted by atomic mass is 10.2. The first-order valence-electron chi connectivity index (χ1n) is 7.55. The van der Waals surface area contributed by atoms with Gasteiger partial charge in [0.05, 0.1) is 4.90 Å². The average molecular weight is 432 g/mol. The van der Waals surface area contributed by atoms with Gasteiger partial charge in [0.1, 0.15) is 5.82 Å². The summed E-state index contributed by atoms with van der Waals surface area (Å²) in [7, 11) is -3.75. The Morgan fingerprint density at radius 1 is 0.923 bits per heavy atom. The van der Waals surface area contributed by atoms with Crippen molar-refractivity contribution in [1.29, 1.82) is 0 Å². The predicted molar refractivity (Wildman–Crippen MR) is 104 cm³/mol. The van der Waals surface area contributed by atoms with Crippen molar-refractivity contribution in [1.82, 2.24) is 4.98 Å². The van der Waals surface area contributed by atoms with Crippen molar-refractivity contribution < 1.29 is 13.2 Å². The summed E-state index contributed by atoms with van der Waals surface area (Å²) in [5.41, 5.74) is 0.997. The van der Waals surface area contributed by atoms with Crippen LogP contribution in [0.15, 0.2) is 82.3 Å². The fourth-order valence-electron chi connectivity index (χ4n) is 2.14. The van der Waals surface area contributed by atoms with E-state index in [9.17, 15) is 13.2 Å². The third-order valence-electron chi connectivity index (χ3n) is 3.43. The molecule has 6 nitrogen and oxygen atoms in total. The molecule has 26 heavy (non-hydrogen) atoms. The van der Waals surface area contributed by atoms with E-state index < -0.39 is 10.0 Å². The maximum Gasteiger partial charge on any atom is 0.263 e. The van der Waals surface area contributed by atoms with Crippen molar-refractivity contribution in [3.8, 4) is 0 Å². The molecule has 0 fully saturated rings. The highest BCUT2D eigenvalue weighted by Crippen LogP contribution is 2.18. The van der Waals surface area contributed by atoms with Gasteiger partial charge in [0.15, 0.2) is 0 Å². The predicted octanol–water partition coefficient (Wildman–Crippen LogP) is 3.90. The highest BCUT2D eigenvalue weighted by molar-refractivity contribution is 9.10. The van der Waals surface area contributed by atoms with Gasteiger partial charge in [-0.25, -0.2) is 13.4 Å². The molecule has 2 N–H and O–H groups in total. The number of anilines is 2. The summed E-state index contributed by atoms with van der Waals surface area (Å²) in [6, 6.07) is 17.8. The van der Waals surface area contributed by atoms with Crippen LogP contribution in [0.5, 0.6) is 0 Å². The number of pyridine rings is 1. The second-order valence-corrected chi connectivity index (χ2v) is 7.90. The molecule has 0 bridgehead atoms. The van der Waals surface area contributed by atoms with Crippen molar-refractivity contribution in [2.75, 3.05) is 10.0 Å². The Morgan fingerprint density at radius 2 is 1.62 bits per heavy atom. The topological polar surface area (TPSA) is 88.2 Å². The summed E-state index contributed by atoms with van der Waals surface area (Å²) >= 11 is 3.31. The molecule has 0 atom stereocenters. The van der Waals surface area contributed by atoms with E-state index in [4.69, 9.17) is 0 Å². The van der Waals surface area contributed by atoms with Crippen LogP contribution in [-0.4, -0.2) is 19.3 Å². The van der Waals surface area contributed by atoms with Crippen LogP contribution >= 0.6 is 15.9 Å². The normalized spacial score (nSPS) is 11.0. The van der Waals surface area contributed by atoms with Crippen LogP contribution in [0, 0.1) is 0 Å². The minimum Gasteiger partial charge on any atom is -0.322 e. The highest BCUT2D eigenvalue weighted by Gasteiger charge is 2.15. The summed E-state index contributed by atoms with van der Waals surface area (Å²) in [5, 5.41) is 2.72. The van der Waals surface area contributed by atoms with E-state index in [0.29, 0.717) is 11.3 Å². The third kappa shape index (κ3) is 4.47. The summed E-state index contributed by atoms with van der Waals surface area (Å²) < 4.78 is 28.0. The Bertz CT molecular complexity index is 1010. The van der Waals surface area contributed by atoms with Crippen LogP contribution in [0.3, 0.4) is 0 Å². The fraction of sp³-hybridized carbons (Fsp3) is 0. The Balaban J connectivity index is 1.71. The Labute approximate surface area is 159 Å².